The fourth-order valence-electron chi connectivity index (χ4n) is 3.43. The summed E-state index contributed by atoms with van der Waals surface area (Å²) in [6.45, 7) is 6.55. The lowest BCUT2D eigenvalue weighted by Gasteiger charge is -2.10. The van der Waals surface area contributed by atoms with Crippen molar-refractivity contribution in [3.63, 3.8) is 0 Å². The van der Waals surface area contributed by atoms with Crippen LogP contribution in [0.4, 0.5) is 5.69 Å². The van der Waals surface area contributed by atoms with Gasteiger partial charge in [0.25, 0.3) is 0 Å². The fourth-order valence-corrected chi connectivity index (χ4v) is 4.20. The minimum Gasteiger partial charge on any atom is -0.497 e. The maximum atomic E-state index is 12.5. The summed E-state index contributed by atoms with van der Waals surface area (Å²) in [5.41, 5.74) is 3.26. The van der Waals surface area contributed by atoms with Crippen LogP contribution >= 0.6 is 11.8 Å². The van der Waals surface area contributed by atoms with E-state index in [0.717, 1.165) is 53.7 Å². The molecule has 32 heavy (non-hydrogen) atoms. The van der Waals surface area contributed by atoms with Crippen LogP contribution in [0.2, 0.25) is 0 Å². The molecule has 0 saturated carbocycles. The van der Waals surface area contributed by atoms with Crippen LogP contribution in [-0.4, -0.2) is 33.5 Å². The smallest absolute Gasteiger partial charge is 0.234 e. The molecule has 1 N–H and O–H groups in total. The maximum absolute atomic E-state index is 12.5. The number of carbonyl (C=O) groups excluding carboxylic acids is 1. The van der Waals surface area contributed by atoms with Gasteiger partial charge in [0.15, 0.2) is 5.16 Å². The Balaban J connectivity index is 1.56. The Kier molecular flexibility index (Phi) is 8.92. The number of hydrogen-bond donors (Lipinski definition) is 1. The summed E-state index contributed by atoms with van der Waals surface area (Å²) in [5, 5.41) is 12.4. The van der Waals surface area contributed by atoms with Crippen molar-refractivity contribution >= 4 is 23.4 Å². The summed E-state index contributed by atoms with van der Waals surface area (Å²) >= 11 is 1.40. The van der Waals surface area contributed by atoms with Crippen LogP contribution in [0, 0.1) is 0 Å². The Hall–Kier alpha value is -3.06. The molecule has 168 valence electrons. The molecule has 0 aliphatic rings. The van der Waals surface area contributed by atoms with Crippen molar-refractivity contribution < 1.29 is 9.53 Å². The predicted octanol–water partition coefficient (Wildman–Crippen LogP) is 4.94. The van der Waals surface area contributed by atoms with Crippen molar-refractivity contribution in [2.45, 2.75) is 44.3 Å². The number of ether oxygens (including phenoxy) is 1. The van der Waals surface area contributed by atoms with Gasteiger partial charge >= 0.3 is 0 Å². The average molecular weight is 451 g/mol. The van der Waals surface area contributed by atoms with E-state index in [2.05, 4.69) is 41.1 Å². The third-order valence-electron chi connectivity index (χ3n) is 5.13. The van der Waals surface area contributed by atoms with Gasteiger partial charge in [-0.25, -0.2) is 0 Å². The molecule has 7 heteroatoms. The quantitative estimate of drug-likeness (QED) is 0.313. The average Bonchev–Trinajstić information content (AvgIpc) is 3.20. The number of thioether (sulfide) groups is 1. The lowest BCUT2D eigenvalue weighted by molar-refractivity contribution is -0.113. The van der Waals surface area contributed by atoms with Crippen LogP contribution in [0.3, 0.4) is 0 Å². The minimum absolute atomic E-state index is 0.0508. The third kappa shape index (κ3) is 6.47. The van der Waals surface area contributed by atoms with Gasteiger partial charge in [-0.15, -0.1) is 16.8 Å². The van der Waals surface area contributed by atoms with Crippen LogP contribution in [-0.2, 0) is 30.6 Å². The van der Waals surface area contributed by atoms with Gasteiger partial charge in [-0.1, -0.05) is 55.1 Å². The minimum atomic E-state index is -0.0508. The van der Waals surface area contributed by atoms with Crippen LogP contribution in [0.1, 0.15) is 30.3 Å². The topological polar surface area (TPSA) is 69.0 Å². The van der Waals surface area contributed by atoms with E-state index >= 15 is 0 Å². The fraction of sp³-hybridized carbons (Fsp3) is 0.320. The summed E-state index contributed by atoms with van der Waals surface area (Å²) in [6.07, 6.45) is 5.42. The van der Waals surface area contributed by atoms with E-state index in [4.69, 9.17) is 4.74 Å². The normalized spacial score (nSPS) is 10.7. The molecule has 0 radical (unpaired) electrons. The highest BCUT2D eigenvalue weighted by Crippen LogP contribution is 2.21. The van der Waals surface area contributed by atoms with Gasteiger partial charge in [-0.2, -0.15) is 0 Å². The van der Waals surface area contributed by atoms with Gasteiger partial charge < -0.3 is 14.6 Å². The molecule has 3 rings (SSSR count). The number of allylic oxidation sites excluding steroid dienone is 1. The zero-order chi connectivity index (χ0) is 22.8. The van der Waals surface area contributed by atoms with Gasteiger partial charge in [-0.3, -0.25) is 4.79 Å². The number of amides is 1. The number of nitrogens with one attached hydrogen (secondary N) is 1. The van der Waals surface area contributed by atoms with E-state index in [1.807, 2.05) is 47.0 Å². The number of carbonyl (C=O) groups is 1. The first-order valence-electron chi connectivity index (χ1n) is 10.8. The van der Waals surface area contributed by atoms with E-state index < -0.39 is 0 Å². The summed E-state index contributed by atoms with van der Waals surface area (Å²) in [5.74, 6) is 2.00. The van der Waals surface area contributed by atoms with Crippen LogP contribution < -0.4 is 10.1 Å². The zero-order valence-corrected chi connectivity index (χ0v) is 19.5. The Morgan fingerprint density at radius 2 is 1.94 bits per heavy atom. The lowest BCUT2D eigenvalue weighted by Crippen LogP contribution is -2.16. The van der Waals surface area contributed by atoms with Crippen LogP contribution in [0.25, 0.3) is 0 Å². The van der Waals surface area contributed by atoms with Crippen LogP contribution in [0.5, 0.6) is 5.75 Å². The summed E-state index contributed by atoms with van der Waals surface area (Å²) in [7, 11) is 1.67. The van der Waals surface area contributed by atoms with Gasteiger partial charge in [0, 0.05) is 18.7 Å². The van der Waals surface area contributed by atoms with Gasteiger partial charge in [0.1, 0.15) is 11.6 Å². The van der Waals surface area contributed by atoms with Crippen molar-refractivity contribution in [1.29, 1.82) is 0 Å². The zero-order valence-electron chi connectivity index (χ0n) is 18.7. The first kappa shape index (κ1) is 23.6. The predicted molar refractivity (Wildman–Crippen MR) is 130 cm³/mol. The van der Waals surface area contributed by atoms with Gasteiger partial charge in [0.05, 0.1) is 12.9 Å². The van der Waals surface area contributed by atoms with Crippen molar-refractivity contribution in [3.05, 3.63) is 78.1 Å². The highest BCUT2D eigenvalue weighted by Gasteiger charge is 2.14. The van der Waals surface area contributed by atoms with E-state index in [1.54, 1.807) is 7.11 Å². The van der Waals surface area contributed by atoms with Crippen molar-refractivity contribution in [3.8, 4) is 5.75 Å². The summed E-state index contributed by atoms with van der Waals surface area (Å²) in [4.78, 5) is 12.5. The highest BCUT2D eigenvalue weighted by molar-refractivity contribution is 7.99. The number of anilines is 1. The highest BCUT2D eigenvalue weighted by atomic mass is 32.2. The largest absolute Gasteiger partial charge is 0.497 e. The van der Waals surface area contributed by atoms with E-state index in [0.29, 0.717) is 6.54 Å². The monoisotopic (exact) mass is 450 g/mol. The molecule has 0 atom stereocenters. The number of nitrogens with zero attached hydrogens (tertiary/aromatic N) is 3. The second kappa shape index (κ2) is 12.1. The van der Waals surface area contributed by atoms with Crippen molar-refractivity contribution in [1.82, 2.24) is 14.8 Å². The molecule has 0 bridgehead atoms. The molecule has 0 aliphatic heterocycles. The molecule has 1 amide bonds. The SMILES string of the molecule is C=CCn1c(CCCc2ccc(OC)cc2)nnc1SCC(=O)Nc1ccccc1CC. The lowest BCUT2D eigenvalue weighted by atomic mass is 10.1. The second-order valence-electron chi connectivity index (χ2n) is 7.35. The molecule has 0 aliphatic carbocycles. The number of rotatable bonds is 12. The Morgan fingerprint density at radius 1 is 1.16 bits per heavy atom. The number of methoxy groups -OCH3 is 1. The van der Waals surface area contributed by atoms with Gasteiger partial charge in [0.2, 0.25) is 5.91 Å². The van der Waals surface area contributed by atoms with E-state index in [1.165, 1.54) is 17.3 Å². The van der Waals surface area contributed by atoms with E-state index in [-0.39, 0.29) is 11.7 Å². The molecule has 1 aromatic heterocycles. The van der Waals surface area contributed by atoms with Crippen molar-refractivity contribution in [2.24, 2.45) is 0 Å². The second-order valence-corrected chi connectivity index (χ2v) is 8.29. The first-order valence-corrected chi connectivity index (χ1v) is 11.8. The number of para-hydroxylation sites is 1. The van der Waals surface area contributed by atoms with E-state index in [9.17, 15) is 4.79 Å². The molecule has 3 aromatic rings. The molecule has 2 aromatic carbocycles. The number of aromatic nitrogens is 3. The van der Waals surface area contributed by atoms with Crippen molar-refractivity contribution in [2.75, 3.05) is 18.2 Å². The molecule has 0 saturated heterocycles. The maximum Gasteiger partial charge on any atom is 0.234 e. The Bertz CT molecular complexity index is 1030. The molecule has 0 fully saturated rings. The van der Waals surface area contributed by atoms with Crippen LogP contribution in [0.15, 0.2) is 66.3 Å². The number of benzene rings is 2. The molecular formula is C25H30N4O2S. The molecule has 0 spiro atoms. The third-order valence-corrected chi connectivity index (χ3v) is 6.10. The summed E-state index contributed by atoms with van der Waals surface area (Å²) in [6, 6.07) is 16.0. The summed E-state index contributed by atoms with van der Waals surface area (Å²) < 4.78 is 7.25. The molecular weight excluding hydrogens is 420 g/mol. The number of aryl methyl sites for hydroxylation is 3. The first-order chi connectivity index (χ1) is 15.6. The Labute approximate surface area is 194 Å². The standard InChI is InChI=1S/C25H30N4O2S/c1-4-17-29-23(12-8-9-19-13-15-21(31-3)16-14-19)27-28-25(29)32-18-24(30)26-22-11-7-6-10-20(22)5-2/h4,6-7,10-11,13-16H,1,5,8-9,12,17-18H2,2-3H3,(H,26,30). The number of hydrogen-bond acceptors (Lipinski definition) is 5. The Morgan fingerprint density at radius 3 is 2.66 bits per heavy atom. The molecule has 6 nitrogen and oxygen atoms in total. The molecule has 0 unspecified atom stereocenters. The molecule has 1 heterocycles. The van der Waals surface area contributed by atoms with Gasteiger partial charge in [-0.05, 0) is 48.6 Å².